The standard InChI is InChI=1S/C21H21N3O4S/c1-21(19(25)23-20(26)29-21)11-13-4-6-14(7-5-13)28-12-18-22-16-9-8-15(27-3)10-17(16)24(18)2/h4-10H,11-12H2,1-3H3,(H,23,25,26). The normalized spacial score (nSPS) is 18.9. The van der Waals surface area contributed by atoms with Crippen LogP contribution >= 0.6 is 11.8 Å². The topological polar surface area (TPSA) is 82.5 Å². The van der Waals surface area contributed by atoms with E-state index in [4.69, 9.17) is 9.47 Å². The van der Waals surface area contributed by atoms with Crippen molar-refractivity contribution in [3.05, 3.63) is 53.9 Å². The molecule has 8 heteroatoms. The van der Waals surface area contributed by atoms with Gasteiger partial charge in [0.1, 0.15) is 28.7 Å². The summed E-state index contributed by atoms with van der Waals surface area (Å²) in [5.41, 5.74) is 2.83. The number of carbonyl (C=O) groups excluding carboxylic acids is 2. The molecule has 4 rings (SSSR count). The number of thioether (sulfide) groups is 1. The fourth-order valence-electron chi connectivity index (χ4n) is 3.33. The second-order valence-corrected chi connectivity index (χ2v) is 8.60. The predicted octanol–water partition coefficient (Wildman–Crippen LogP) is 3.45. The van der Waals surface area contributed by atoms with Gasteiger partial charge in [-0.15, -0.1) is 0 Å². The highest BCUT2D eigenvalue weighted by molar-refractivity contribution is 8.16. The first-order chi connectivity index (χ1) is 13.9. The van der Waals surface area contributed by atoms with E-state index in [1.807, 2.05) is 54.1 Å². The number of hydrogen-bond acceptors (Lipinski definition) is 6. The van der Waals surface area contributed by atoms with E-state index in [1.54, 1.807) is 14.0 Å². The summed E-state index contributed by atoms with van der Waals surface area (Å²) in [5.74, 6) is 2.06. The Hall–Kier alpha value is -3.00. The van der Waals surface area contributed by atoms with Gasteiger partial charge in [-0.05, 0) is 54.9 Å². The van der Waals surface area contributed by atoms with Gasteiger partial charge >= 0.3 is 0 Å². The lowest BCUT2D eigenvalue weighted by molar-refractivity contribution is -0.121. The number of benzene rings is 2. The summed E-state index contributed by atoms with van der Waals surface area (Å²) in [6.45, 7) is 2.11. The molecule has 1 aliphatic rings. The van der Waals surface area contributed by atoms with Crippen LogP contribution in [-0.2, 0) is 24.9 Å². The van der Waals surface area contributed by atoms with Crippen LogP contribution in [0.25, 0.3) is 11.0 Å². The molecule has 0 saturated carbocycles. The minimum atomic E-state index is -0.770. The molecule has 0 aliphatic carbocycles. The lowest BCUT2D eigenvalue weighted by Crippen LogP contribution is -2.35. The van der Waals surface area contributed by atoms with Gasteiger partial charge < -0.3 is 14.0 Å². The van der Waals surface area contributed by atoms with Gasteiger partial charge in [-0.25, -0.2) is 4.98 Å². The van der Waals surface area contributed by atoms with Gasteiger partial charge in [0, 0.05) is 13.1 Å². The first-order valence-electron chi connectivity index (χ1n) is 9.13. The van der Waals surface area contributed by atoms with E-state index in [0.717, 1.165) is 39.9 Å². The van der Waals surface area contributed by atoms with Crippen LogP contribution in [0.15, 0.2) is 42.5 Å². The molecule has 2 amide bonds. The zero-order valence-electron chi connectivity index (χ0n) is 16.4. The van der Waals surface area contributed by atoms with E-state index in [2.05, 4.69) is 10.3 Å². The number of ether oxygens (including phenoxy) is 2. The van der Waals surface area contributed by atoms with Crippen molar-refractivity contribution in [3.63, 3.8) is 0 Å². The van der Waals surface area contributed by atoms with Crippen LogP contribution in [0.3, 0.4) is 0 Å². The Bertz CT molecular complexity index is 1090. The highest BCUT2D eigenvalue weighted by Crippen LogP contribution is 2.35. The molecular weight excluding hydrogens is 390 g/mol. The van der Waals surface area contributed by atoms with Gasteiger partial charge in [0.05, 0.1) is 18.1 Å². The molecule has 3 aromatic rings. The first-order valence-corrected chi connectivity index (χ1v) is 9.95. The monoisotopic (exact) mass is 411 g/mol. The number of imidazole rings is 1. The maximum atomic E-state index is 12.0. The molecule has 7 nitrogen and oxygen atoms in total. The number of fused-ring (bicyclic) bond motifs is 1. The van der Waals surface area contributed by atoms with Crippen molar-refractivity contribution in [2.45, 2.75) is 24.7 Å². The van der Waals surface area contributed by atoms with Crippen LogP contribution in [0, 0.1) is 0 Å². The van der Waals surface area contributed by atoms with Gasteiger partial charge in [-0.3, -0.25) is 14.9 Å². The molecule has 29 heavy (non-hydrogen) atoms. The van der Waals surface area contributed by atoms with Crippen molar-refractivity contribution in [1.29, 1.82) is 0 Å². The summed E-state index contributed by atoms with van der Waals surface area (Å²) >= 11 is 1.04. The van der Waals surface area contributed by atoms with E-state index in [-0.39, 0.29) is 11.1 Å². The van der Waals surface area contributed by atoms with Crippen molar-refractivity contribution in [1.82, 2.24) is 14.9 Å². The maximum Gasteiger partial charge on any atom is 0.286 e. The largest absolute Gasteiger partial charge is 0.497 e. The van der Waals surface area contributed by atoms with Crippen LogP contribution in [0.2, 0.25) is 0 Å². The van der Waals surface area contributed by atoms with Gasteiger partial charge in [0.2, 0.25) is 5.91 Å². The minimum absolute atomic E-state index is 0.244. The van der Waals surface area contributed by atoms with Crippen molar-refractivity contribution in [2.24, 2.45) is 7.05 Å². The average Bonchev–Trinajstić information content (AvgIpc) is 3.15. The number of methoxy groups -OCH3 is 1. The summed E-state index contributed by atoms with van der Waals surface area (Å²) in [5, 5.41) is 2.05. The van der Waals surface area contributed by atoms with E-state index in [0.29, 0.717) is 18.8 Å². The second kappa shape index (κ2) is 7.44. The van der Waals surface area contributed by atoms with Crippen LogP contribution in [-0.4, -0.2) is 32.6 Å². The van der Waals surface area contributed by atoms with E-state index < -0.39 is 4.75 Å². The SMILES string of the molecule is COc1ccc2nc(COc3ccc(CC4(C)SC(=O)NC4=O)cc3)n(C)c2c1. The van der Waals surface area contributed by atoms with Crippen LogP contribution in [0.1, 0.15) is 18.3 Å². The Morgan fingerprint density at radius 3 is 2.52 bits per heavy atom. The molecule has 1 aliphatic heterocycles. The molecular formula is C21H21N3O4S. The fraction of sp³-hybridized carbons (Fsp3) is 0.286. The van der Waals surface area contributed by atoms with Gasteiger partial charge in [-0.1, -0.05) is 12.1 Å². The van der Waals surface area contributed by atoms with Crippen LogP contribution in [0.5, 0.6) is 11.5 Å². The molecule has 1 fully saturated rings. The highest BCUT2D eigenvalue weighted by Gasteiger charge is 2.43. The lowest BCUT2D eigenvalue weighted by Gasteiger charge is -2.18. The van der Waals surface area contributed by atoms with E-state index >= 15 is 0 Å². The molecule has 1 aromatic heterocycles. The molecule has 0 radical (unpaired) electrons. The summed E-state index contributed by atoms with van der Waals surface area (Å²) in [6.07, 6.45) is 0.474. The Morgan fingerprint density at radius 2 is 1.86 bits per heavy atom. The zero-order chi connectivity index (χ0) is 20.6. The zero-order valence-corrected chi connectivity index (χ0v) is 17.2. The summed E-state index contributed by atoms with van der Waals surface area (Å²) < 4.78 is 12.4. The highest BCUT2D eigenvalue weighted by atomic mass is 32.2. The van der Waals surface area contributed by atoms with E-state index in [1.165, 1.54) is 0 Å². The molecule has 150 valence electrons. The number of hydrogen-bond donors (Lipinski definition) is 1. The summed E-state index contributed by atoms with van der Waals surface area (Å²) in [6, 6.07) is 13.3. The maximum absolute atomic E-state index is 12.0. The first kappa shape index (κ1) is 19.3. The minimum Gasteiger partial charge on any atom is -0.497 e. The molecule has 0 spiro atoms. The van der Waals surface area contributed by atoms with Crippen LogP contribution in [0.4, 0.5) is 4.79 Å². The molecule has 1 N–H and O–H groups in total. The van der Waals surface area contributed by atoms with Gasteiger partial charge in [-0.2, -0.15) is 0 Å². The Morgan fingerprint density at radius 1 is 1.14 bits per heavy atom. The summed E-state index contributed by atoms with van der Waals surface area (Å²) in [7, 11) is 3.59. The number of nitrogens with zero attached hydrogens (tertiary/aromatic N) is 2. The third kappa shape index (κ3) is 3.80. The quantitative estimate of drug-likeness (QED) is 0.669. The number of aromatic nitrogens is 2. The number of carbonyl (C=O) groups is 2. The molecule has 2 aromatic carbocycles. The van der Waals surface area contributed by atoms with Crippen molar-refractivity contribution in [2.75, 3.05) is 7.11 Å². The third-order valence-electron chi connectivity index (χ3n) is 5.03. The third-order valence-corrected chi connectivity index (χ3v) is 6.09. The Labute approximate surface area is 172 Å². The molecule has 1 saturated heterocycles. The second-order valence-electron chi connectivity index (χ2n) is 7.13. The number of amides is 2. The fourth-order valence-corrected chi connectivity index (χ4v) is 4.27. The van der Waals surface area contributed by atoms with Crippen LogP contribution < -0.4 is 14.8 Å². The summed E-state index contributed by atoms with van der Waals surface area (Å²) in [4.78, 5) is 28.1. The average molecular weight is 411 g/mol. The van der Waals surface area contributed by atoms with Crippen molar-refractivity contribution < 1.29 is 19.1 Å². The Kier molecular flexibility index (Phi) is 4.96. The number of aryl methyl sites for hydroxylation is 1. The molecule has 0 bridgehead atoms. The van der Waals surface area contributed by atoms with E-state index in [9.17, 15) is 9.59 Å². The predicted molar refractivity (Wildman–Crippen MR) is 111 cm³/mol. The van der Waals surface area contributed by atoms with Crippen molar-refractivity contribution in [3.8, 4) is 11.5 Å². The van der Waals surface area contributed by atoms with Crippen molar-refractivity contribution >= 4 is 33.9 Å². The van der Waals surface area contributed by atoms with Gasteiger partial charge in [0.25, 0.3) is 5.24 Å². The number of nitrogens with one attached hydrogen (secondary N) is 1. The molecule has 1 atom stereocenters. The smallest absolute Gasteiger partial charge is 0.286 e. The van der Waals surface area contributed by atoms with Gasteiger partial charge in [0.15, 0.2) is 0 Å². The number of rotatable bonds is 6. The lowest BCUT2D eigenvalue weighted by atomic mass is 9.99. The molecule has 1 unspecified atom stereocenters. The number of imide groups is 1. The molecule has 2 heterocycles. The Balaban J connectivity index is 1.43.